The predicted molar refractivity (Wildman–Crippen MR) is 100 cm³/mol. The van der Waals surface area contributed by atoms with Crippen molar-refractivity contribution < 1.29 is 4.74 Å². The molecule has 4 heteroatoms. The SMILES string of the molecule is CCN(CC)CCNCCCc1ccc(OCC(C)C)c(N)c1. The van der Waals surface area contributed by atoms with E-state index in [1.54, 1.807) is 0 Å². The summed E-state index contributed by atoms with van der Waals surface area (Å²) < 4.78 is 5.71. The van der Waals surface area contributed by atoms with Gasteiger partial charge in [-0.1, -0.05) is 33.8 Å². The molecule has 0 unspecified atom stereocenters. The molecule has 0 radical (unpaired) electrons. The van der Waals surface area contributed by atoms with Gasteiger partial charge in [0, 0.05) is 13.1 Å². The molecule has 0 aliphatic heterocycles. The highest BCUT2D eigenvalue weighted by Crippen LogP contribution is 2.23. The number of nitrogens with two attached hydrogens (primary N) is 1. The monoisotopic (exact) mass is 321 g/mol. The Morgan fingerprint density at radius 3 is 2.52 bits per heavy atom. The number of hydrogen-bond donors (Lipinski definition) is 2. The van der Waals surface area contributed by atoms with Crippen molar-refractivity contribution in [2.45, 2.75) is 40.5 Å². The van der Waals surface area contributed by atoms with Crippen LogP contribution in [0.2, 0.25) is 0 Å². The van der Waals surface area contributed by atoms with E-state index in [0.29, 0.717) is 12.5 Å². The predicted octanol–water partition coefficient (Wildman–Crippen LogP) is 3.17. The number of nitrogens with zero attached hydrogens (tertiary/aromatic N) is 1. The maximum atomic E-state index is 6.08. The first kappa shape index (κ1) is 19.8. The lowest BCUT2D eigenvalue weighted by Gasteiger charge is -2.18. The van der Waals surface area contributed by atoms with Crippen LogP contribution >= 0.6 is 0 Å². The fourth-order valence-corrected chi connectivity index (χ4v) is 2.46. The molecule has 0 aliphatic carbocycles. The van der Waals surface area contributed by atoms with Gasteiger partial charge in [-0.25, -0.2) is 0 Å². The van der Waals surface area contributed by atoms with Crippen molar-refractivity contribution in [1.29, 1.82) is 0 Å². The second-order valence-electron chi connectivity index (χ2n) is 6.46. The quantitative estimate of drug-likeness (QED) is 0.459. The van der Waals surface area contributed by atoms with E-state index >= 15 is 0 Å². The zero-order chi connectivity index (χ0) is 17.1. The van der Waals surface area contributed by atoms with Crippen LogP contribution in [0.15, 0.2) is 18.2 Å². The average molecular weight is 322 g/mol. The molecule has 0 heterocycles. The summed E-state index contributed by atoms with van der Waals surface area (Å²) in [4.78, 5) is 2.43. The highest BCUT2D eigenvalue weighted by molar-refractivity contribution is 5.54. The van der Waals surface area contributed by atoms with Crippen molar-refractivity contribution in [3.8, 4) is 5.75 Å². The molecule has 0 aliphatic rings. The van der Waals surface area contributed by atoms with Crippen molar-refractivity contribution >= 4 is 5.69 Å². The molecule has 0 spiro atoms. The topological polar surface area (TPSA) is 50.5 Å². The minimum Gasteiger partial charge on any atom is -0.491 e. The molecule has 23 heavy (non-hydrogen) atoms. The van der Waals surface area contributed by atoms with Crippen LogP contribution in [0.5, 0.6) is 5.75 Å². The molecule has 0 saturated heterocycles. The number of ether oxygens (including phenoxy) is 1. The van der Waals surface area contributed by atoms with Crippen molar-refractivity contribution in [3.63, 3.8) is 0 Å². The Hall–Kier alpha value is -1.26. The summed E-state index contributed by atoms with van der Waals surface area (Å²) in [7, 11) is 0. The Kier molecular flexibility index (Phi) is 9.72. The number of likely N-dealkylation sites (N-methyl/N-ethyl adjacent to an activating group) is 1. The van der Waals surface area contributed by atoms with Crippen LogP contribution in [0.1, 0.15) is 39.7 Å². The van der Waals surface area contributed by atoms with E-state index in [0.717, 1.165) is 57.0 Å². The molecule has 0 aromatic heterocycles. The molecule has 0 amide bonds. The van der Waals surface area contributed by atoms with Crippen LogP contribution in [0.4, 0.5) is 5.69 Å². The van der Waals surface area contributed by atoms with Gasteiger partial charge in [-0.05, 0) is 56.1 Å². The first-order valence-corrected chi connectivity index (χ1v) is 9.01. The second-order valence-corrected chi connectivity index (χ2v) is 6.46. The molecule has 1 aromatic carbocycles. The fraction of sp³-hybridized carbons (Fsp3) is 0.684. The number of rotatable bonds is 12. The third-order valence-electron chi connectivity index (χ3n) is 3.96. The average Bonchev–Trinajstić information content (AvgIpc) is 2.53. The lowest BCUT2D eigenvalue weighted by Crippen LogP contribution is -2.32. The van der Waals surface area contributed by atoms with Crippen molar-refractivity contribution in [2.75, 3.05) is 45.1 Å². The standard InChI is InChI=1S/C19H35N3O/c1-5-22(6-2)13-12-21-11-7-8-17-9-10-19(18(20)14-17)23-15-16(3)4/h9-10,14,16,21H,5-8,11-13,15,20H2,1-4H3. The van der Waals surface area contributed by atoms with Gasteiger partial charge in [-0.2, -0.15) is 0 Å². The largest absolute Gasteiger partial charge is 0.491 e. The summed E-state index contributed by atoms with van der Waals surface area (Å²) in [6.07, 6.45) is 2.18. The summed E-state index contributed by atoms with van der Waals surface area (Å²) in [5.41, 5.74) is 8.11. The van der Waals surface area contributed by atoms with Crippen LogP contribution in [-0.2, 0) is 6.42 Å². The highest BCUT2D eigenvalue weighted by atomic mass is 16.5. The molecule has 132 valence electrons. The Bertz CT molecular complexity index is 431. The third kappa shape index (κ3) is 8.24. The molecule has 0 saturated carbocycles. The van der Waals surface area contributed by atoms with Gasteiger partial charge in [0.25, 0.3) is 0 Å². The number of anilines is 1. The van der Waals surface area contributed by atoms with E-state index in [-0.39, 0.29) is 0 Å². The van der Waals surface area contributed by atoms with Gasteiger partial charge in [0.1, 0.15) is 5.75 Å². The zero-order valence-electron chi connectivity index (χ0n) is 15.4. The van der Waals surface area contributed by atoms with E-state index < -0.39 is 0 Å². The summed E-state index contributed by atoms with van der Waals surface area (Å²) in [6, 6.07) is 6.17. The first-order valence-electron chi connectivity index (χ1n) is 9.01. The van der Waals surface area contributed by atoms with Crippen molar-refractivity contribution in [1.82, 2.24) is 10.2 Å². The van der Waals surface area contributed by atoms with Crippen molar-refractivity contribution in [2.24, 2.45) is 5.92 Å². The summed E-state index contributed by atoms with van der Waals surface area (Å²) >= 11 is 0. The third-order valence-corrected chi connectivity index (χ3v) is 3.96. The fourth-order valence-electron chi connectivity index (χ4n) is 2.46. The molecule has 1 rings (SSSR count). The number of nitrogens with one attached hydrogen (secondary N) is 1. The Morgan fingerprint density at radius 2 is 1.91 bits per heavy atom. The van der Waals surface area contributed by atoms with Gasteiger partial charge < -0.3 is 20.7 Å². The van der Waals surface area contributed by atoms with E-state index in [1.807, 2.05) is 12.1 Å². The van der Waals surface area contributed by atoms with E-state index in [2.05, 4.69) is 44.0 Å². The number of hydrogen-bond acceptors (Lipinski definition) is 4. The zero-order valence-corrected chi connectivity index (χ0v) is 15.4. The minimum absolute atomic E-state index is 0.511. The van der Waals surface area contributed by atoms with Crippen LogP contribution in [0.3, 0.4) is 0 Å². The molecule has 1 aromatic rings. The lowest BCUT2D eigenvalue weighted by atomic mass is 10.1. The maximum Gasteiger partial charge on any atom is 0.142 e. The van der Waals surface area contributed by atoms with E-state index in [9.17, 15) is 0 Å². The van der Waals surface area contributed by atoms with Gasteiger partial charge in [0.15, 0.2) is 0 Å². The van der Waals surface area contributed by atoms with Gasteiger partial charge >= 0.3 is 0 Å². The van der Waals surface area contributed by atoms with Crippen LogP contribution in [0, 0.1) is 5.92 Å². The Morgan fingerprint density at radius 1 is 1.17 bits per heavy atom. The molecule has 3 N–H and O–H groups in total. The van der Waals surface area contributed by atoms with E-state index in [1.165, 1.54) is 5.56 Å². The molecule has 0 fully saturated rings. The molecule has 4 nitrogen and oxygen atoms in total. The van der Waals surface area contributed by atoms with Crippen molar-refractivity contribution in [3.05, 3.63) is 23.8 Å². The summed E-state index contributed by atoms with van der Waals surface area (Å²) in [5, 5.41) is 3.52. The molecule has 0 bridgehead atoms. The second kappa shape index (κ2) is 11.3. The van der Waals surface area contributed by atoms with Gasteiger partial charge in [-0.15, -0.1) is 0 Å². The Labute approximate surface area is 142 Å². The molecular formula is C19H35N3O. The number of nitrogen functional groups attached to an aromatic ring is 1. The van der Waals surface area contributed by atoms with Gasteiger partial charge in [-0.3, -0.25) is 0 Å². The van der Waals surface area contributed by atoms with Crippen LogP contribution in [0.25, 0.3) is 0 Å². The summed E-state index contributed by atoms with van der Waals surface area (Å²) in [5.74, 6) is 1.32. The first-order chi connectivity index (χ1) is 11.1. The lowest BCUT2D eigenvalue weighted by molar-refractivity contribution is 0.272. The highest BCUT2D eigenvalue weighted by Gasteiger charge is 2.04. The Balaban J connectivity index is 2.23. The number of aryl methyl sites for hydroxylation is 1. The molecular weight excluding hydrogens is 286 g/mol. The normalized spacial score (nSPS) is 11.4. The maximum absolute atomic E-state index is 6.08. The van der Waals surface area contributed by atoms with Gasteiger partial charge in [0.2, 0.25) is 0 Å². The van der Waals surface area contributed by atoms with E-state index in [4.69, 9.17) is 10.5 Å². The van der Waals surface area contributed by atoms with Crippen LogP contribution in [-0.4, -0.2) is 44.2 Å². The smallest absolute Gasteiger partial charge is 0.142 e. The van der Waals surface area contributed by atoms with Crippen LogP contribution < -0.4 is 15.8 Å². The molecule has 0 atom stereocenters. The summed E-state index contributed by atoms with van der Waals surface area (Å²) in [6.45, 7) is 14.9. The van der Waals surface area contributed by atoms with Gasteiger partial charge in [0.05, 0.1) is 12.3 Å². The minimum atomic E-state index is 0.511. The number of benzene rings is 1.